The molecule has 8 heteroatoms. The highest BCUT2D eigenvalue weighted by Crippen LogP contribution is 2.39. The Bertz CT molecular complexity index is 811. The summed E-state index contributed by atoms with van der Waals surface area (Å²) in [6.45, 7) is 8.20. The molecule has 0 spiro atoms. The van der Waals surface area contributed by atoms with Crippen molar-refractivity contribution in [2.75, 3.05) is 27.2 Å². The van der Waals surface area contributed by atoms with Crippen molar-refractivity contribution >= 4 is 17.6 Å². The molecule has 4 N–H and O–H groups in total. The summed E-state index contributed by atoms with van der Waals surface area (Å²) in [4.78, 5) is 17.3. The van der Waals surface area contributed by atoms with Gasteiger partial charge in [0.15, 0.2) is 5.76 Å². The third-order valence-corrected chi connectivity index (χ3v) is 5.83. The fraction of sp³-hybridized carbons (Fsp3) is 0.650. The summed E-state index contributed by atoms with van der Waals surface area (Å²) in [6.07, 6.45) is 3.41. The molecule has 1 aliphatic carbocycles. The summed E-state index contributed by atoms with van der Waals surface area (Å²) >= 11 is 0. The predicted molar refractivity (Wildman–Crippen MR) is 111 cm³/mol. The second-order valence-electron chi connectivity index (χ2n) is 8.89. The second-order valence-corrected chi connectivity index (χ2v) is 8.89. The van der Waals surface area contributed by atoms with E-state index in [4.69, 9.17) is 15.9 Å². The maximum Gasteiger partial charge on any atom is 0.289 e. The van der Waals surface area contributed by atoms with Gasteiger partial charge in [0, 0.05) is 30.6 Å². The average molecular weight is 389 g/mol. The van der Waals surface area contributed by atoms with E-state index >= 15 is 0 Å². The first-order valence-electron chi connectivity index (χ1n) is 9.83. The fourth-order valence-corrected chi connectivity index (χ4v) is 4.23. The fourth-order valence-electron chi connectivity index (χ4n) is 4.23. The van der Waals surface area contributed by atoms with Gasteiger partial charge in [-0.25, -0.2) is 0 Å². The Morgan fingerprint density at radius 2 is 1.89 bits per heavy atom. The van der Waals surface area contributed by atoms with Crippen LogP contribution in [-0.4, -0.2) is 60.6 Å². The lowest BCUT2D eigenvalue weighted by molar-refractivity contribution is 0.0624. The lowest BCUT2D eigenvalue weighted by Crippen LogP contribution is -2.44. The largest absolute Gasteiger partial charge is 0.455 e. The first kappa shape index (κ1) is 20.4. The lowest BCUT2D eigenvalue weighted by Gasteiger charge is -2.34. The number of carbonyl (C=O) groups excluding carboxylic acids is 1. The number of fused-ring (bicyclic) bond motifs is 1. The maximum absolute atomic E-state index is 13.2. The number of furan rings is 1. The predicted octanol–water partition coefficient (Wildman–Crippen LogP) is 1.70. The van der Waals surface area contributed by atoms with Crippen LogP contribution < -0.4 is 11.5 Å². The van der Waals surface area contributed by atoms with Gasteiger partial charge in [0.2, 0.25) is 5.96 Å². The van der Waals surface area contributed by atoms with Crippen molar-refractivity contribution in [3.8, 4) is 0 Å². The Labute approximate surface area is 166 Å². The minimum Gasteiger partial charge on any atom is -0.455 e. The zero-order valence-corrected chi connectivity index (χ0v) is 17.6. The number of hydrogen-bond acceptors (Lipinski definition) is 5. The SMILES string of the molecule is Cc1c(C(=O)N(C)C2CCN(C)CC2)oc2c1/C(=N\N=C(N)N)CC(C)(C)C2. The number of guanidine groups is 1. The number of piperidine rings is 1. The van der Waals surface area contributed by atoms with E-state index in [9.17, 15) is 4.79 Å². The van der Waals surface area contributed by atoms with Gasteiger partial charge in [-0.1, -0.05) is 13.8 Å². The van der Waals surface area contributed by atoms with Crippen molar-refractivity contribution in [1.82, 2.24) is 9.80 Å². The Hall–Kier alpha value is -2.35. The van der Waals surface area contributed by atoms with Crippen LogP contribution in [0.4, 0.5) is 0 Å². The van der Waals surface area contributed by atoms with Gasteiger partial charge in [-0.3, -0.25) is 4.79 Å². The molecule has 1 aromatic rings. The van der Waals surface area contributed by atoms with Crippen molar-refractivity contribution in [3.05, 3.63) is 22.6 Å². The smallest absolute Gasteiger partial charge is 0.289 e. The van der Waals surface area contributed by atoms with Crippen molar-refractivity contribution in [3.63, 3.8) is 0 Å². The molecule has 28 heavy (non-hydrogen) atoms. The molecule has 0 saturated carbocycles. The number of likely N-dealkylation sites (tertiary alicyclic amines) is 1. The van der Waals surface area contributed by atoms with Gasteiger partial charge in [-0.05, 0) is 51.7 Å². The molecule has 0 unspecified atom stereocenters. The minimum absolute atomic E-state index is 0.0464. The first-order chi connectivity index (χ1) is 13.1. The molecule has 8 nitrogen and oxygen atoms in total. The van der Waals surface area contributed by atoms with E-state index in [2.05, 4.69) is 36.0 Å². The topological polar surface area (TPSA) is 113 Å². The van der Waals surface area contributed by atoms with Crippen LogP contribution in [0.5, 0.6) is 0 Å². The van der Waals surface area contributed by atoms with Crippen LogP contribution >= 0.6 is 0 Å². The van der Waals surface area contributed by atoms with Crippen LogP contribution in [0, 0.1) is 12.3 Å². The van der Waals surface area contributed by atoms with E-state index in [1.165, 1.54) is 0 Å². The normalized spacial score (nSPS) is 21.4. The third-order valence-electron chi connectivity index (χ3n) is 5.83. The van der Waals surface area contributed by atoms with Gasteiger partial charge < -0.3 is 25.7 Å². The minimum atomic E-state index is -0.0862. The molecule has 0 atom stereocenters. The molecule has 2 heterocycles. The number of carbonyl (C=O) groups is 1. The highest BCUT2D eigenvalue weighted by molar-refractivity contribution is 6.07. The molecule has 2 aliphatic rings. The molecule has 1 amide bonds. The van der Waals surface area contributed by atoms with Gasteiger partial charge in [-0.15, -0.1) is 5.10 Å². The highest BCUT2D eigenvalue weighted by Gasteiger charge is 2.37. The van der Waals surface area contributed by atoms with E-state index in [-0.39, 0.29) is 23.3 Å². The van der Waals surface area contributed by atoms with Crippen LogP contribution in [0.25, 0.3) is 0 Å². The van der Waals surface area contributed by atoms with Gasteiger partial charge in [0.1, 0.15) is 5.76 Å². The zero-order valence-electron chi connectivity index (χ0n) is 17.6. The quantitative estimate of drug-likeness (QED) is 0.465. The van der Waals surface area contributed by atoms with E-state index in [0.717, 1.165) is 61.4 Å². The van der Waals surface area contributed by atoms with Crippen molar-refractivity contribution < 1.29 is 9.21 Å². The van der Waals surface area contributed by atoms with Gasteiger partial charge in [0.25, 0.3) is 5.91 Å². The van der Waals surface area contributed by atoms with Crippen molar-refractivity contribution in [2.24, 2.45) is 27.1 Å². The molecule has 154 valence electrons. The number of nitrogens with two attached hydrogens (primary N) is 2. The van der Waals surface area contributed by atoms with E-state index in [0.29, 0.717) is 5.76 Å². The highest BCUT2D eigenvalue weighted by atomic mass is 16.4. The van der Waals surface area contributed by atoms with Gasteiger partial charge in [0.05, 0.1) is 5.71 Å². The van der Waals surface area contributed by atoms with Crippen molar-refractivity contribution in [1.29, 1.82) is 0 Å². The Balaban J connectivity index is 1.93. The van der Waals surface area contributed by atoms with E-state index < -0.39 is 0 Å². The Morgan fingerprint density at radius 1 is 1.25 bits per heavy atom. The number of rotatable bonds is 3. The summed E-state index contributed by atoms with van der Waals surface area (Å²) in [5.74, 6) is 1.04. The molecule has 1 aliphatic heterocycles. The first-order valence-corrected chi connectivity index (χ1v) is 9.83. The molecule has 0 aromatic carbocycles. The summed E-state index contributed by atoms with van der Waals surface area (Å²) < 4.78 is 6.11. The molecule has 0 bridgehead atoms. The molecule has 0 radical (unpaired) electrons. The molecule has 1 aromatic heterocycles. The summed E-state index contributed by atoms with van der Waals surface area (Å²) in [5, 5.41) is 8.10. The lowest BCUT2D eigenvalue weighted by atomic mass is 9.75. The van der Waals surface area contributed by atoms with Gasteiger partial charge >= 0.3 is 0 Å². The number of nitrogens with zero attached hydrogens (tertiary/aromatic N) is 4. The monoisotopic (exact) mass is 388 g/mol. The standard InChI is InChI=1S/C20H32N6O2/c1-12-16-14(23-24-19(21)22)10-20(2,3)11-15(16)28-17(12)18(27)26(5)13-6-8-25(4)9-7-13/h13H,6-11H2,1-5H3,(H4,21,22,24)/b23-14-. The third kappa shape index (κ3) is 4.06. The molecule has 1 saturated heterocycles. The van der Waals surface area contributed by atoms with Gasteiger partial charge in [-0.2, -0.15) is 5.10 Å². The van der Waals surface area contributed by atoms with Crippen LogP contribution in [0.2, 0.25) is 0 Å². The van der Waals surface area contributed by atoms with Crippen LogP contribution in [-0.2, 0) is 6.42 Å². The summed E-state index contributed by atoms with van der Waals surface area (Å²) in [6, 6.07) is 0.233. The number of hydrogen-bond donors (Lipinski definition) is 2. The number of amides is 1. The van der Waals surface area contributed by atoms with E-state index in [1.54, 1.807) is 0 Å². The summed E-state index contributed by atoms with van der Waals surface area (Å²) in [7, 11) is 3.99. The van der Waals surface area contributed by atoms with Crippen LogP contribution in [0.3, 0.4) is 0 Å². The summed E-state index contributed by atoms with van der Waals surface area (Å²) in [5.41, 5.74) is 13.3. The van der Waals surface area contributed by atoms with Crippen LogP contribution in [0.1, 0.15) is 60.6 Å². The zero-order chi connectivity index (χ0) is 20.6. The molecule has 1 fully saturated rings. The van der Waals surface area contributed by atoms with Crippen LogP contribution in [0.15, 0.2) is 14.6 Å². The average Bonchev–Trinajstić information content (AvgIpc) is 2.94. The van der Waals surface area contributed by atoms with E-state index in [1.807, 2.05) is 18.9 Å². The maximum atomic E-state index is 13.2. The molecule has 3 rings (SSSR count). The Morgan fingerprint density at radius 3 is 2.50 bits per heavy atom. The second kappa shape index (κ2) is 7.58. The Kier molecular flexibility index (Phi) is 5.52. The molecular weight excluding hydrogens is 356 g/mol. The van der Waals surface area contributed by atoms with Crippen molar-refractivity contribution in [2.45, 2.75) is 52.5 Å². The molecular formula is C20H32N6O2.